The maximum absolute atomic E-state index is 12.8. The van der Waals surface area contributed by atoms with Crippen LogP contribution in [0.4, 0.5) is 4.39 Å². The Morgan fingerprint density at radius 1 is 1.40 bits per heavy atom. The molecule has 0 heterocycles. The van der Waals surface area contributed by atoms with Crippen LogP contribution >= 0.6 is 0 Å². The van der Waals surface area contributed by atoms with Crippen molar-refractivity contribution in [1.29, 1.82) is 0 Å². The Kier molecular flexibility index (Phi) is 3.64. The highest BCUT2D eigenvalue weighted by atomic mass is 19.1. The average molecular weight is 207 g/mol. The van der Waals surface area contributed by atoms with Gasteiger partial charge in [0.15, 0.2) is 0 Å². The maximum atomic E-state index is 12.8. The summed E-state index contributed by atoms with van der Waals surface area (Å²) in [6.45, 7) is 7.81. The second-order valence-electron chi connectivity index (χ2n) is 4.36. The molecule has 1 nitrogen and oxygen atoms in total. The molecule has 0 aliphatic heterocycles. The van der Waals surface area contributed by atoms with Crippen molar-refractivity contribution in [3.63, 3.8) is 0 Å². The predicted octanol–water partition coefficient (Wildman–Crippen LogP) is 3.01. The van der Waals surface area contributed by atoms with E-state index in [9.17, 15) is 4.39 Å². The van der Waals surface area contributed by atoms with Gasteiger partial charge in [0.05, 0.1) is 0 Å². The molecule has 82 valence electrons. The number of rotatable bonds is 4. The third-order valence-corrected chi connectivity index (χ3v) is 2.94. The first kappa shape index (κ1) is 11.9. The van der Waals surface area contributed by atoms with Crippen LogP contribution in [-0.4, -0.2) is 6.04 Å². The molecule has 0 amide bonds. The average Bonchev–Trinajstić information content (AvgIpc) is 2.18. The fraction of sp³-hybridized carbons (Fsp3) is 0.385. The summed E-state index contributed by atoms with van der Waals surface area (Å²) >= 11 is 0. The van der Waals surface area contributed by atoms with E-state index in [2.05, 4.69) is 20.4 Å². The highest BCUT2D eigenvalue weighted by Crippen LogP contribution is 2.27. The molecule has 2 N–H and O–H groups in total. The summed E-state index contributed by atoms with van der Waals surface area (Å²) in [6.07, 6.45) is 2.57. The lowest BCUT2D eigenvalue weighted by Gasteiger charge is -2.31. The molecule has 0 saturated heterocycles. The van der Waals surface area contributed by atoms with Crippen LogP contribution in [0, 0.1) is 5.82 Å². The summed E-state index contributed by atoms with van der Waals surface area (Å²) in [7, 11) is 0. The molecule has 1 aromatic rings. The lowest BCUT2D eigenvalue weighted by molar-refractivity contribution is 0.411. The quantitative estimate of drug-likeness (QED) is 0.755. The van der Waals surface area contributed by atoms with Crippen molar-refractivity contribution in [1.82, 2.24) is 0 Å². The van der Waals surface area contributed by atoms with Crippen LogP contribution in [0.5, 0.6) is 0 Å². The molecule has 0 bridgehead atoms. The first-order valence-electron chi connectivity index (χ1n) is 5.11. The highest BCUT2D eigenvalue weighted by Gasteiger charge is 2.27. The molecule has 1 aromatic carbocycles. The Morgan fingerprint density at radius 3 is 2.40 bits per heavy atom. The number of nitrogens with two attached hydrogens (primary N) is 1. The van der Waals surface area contributed by atoms with E-state index in [0.29, 0.717) is 0 Å². The fourth-order valence-electron chi connectivity index (χ4n) is 1.57. The maximum Gasteiger partial charge on any atom is 0.123 e. The third-order valence-electron chi connectivity index (χ3n) is 2.94. The summed E-state index contributed by atoms with van der Waals surface area (Å²) in [5.74, 6) is -0.216. The zero-order valence-corrected chi connectivity index (χ0v) is 9.33. The Bertz CT molecular complexity index is 327. The van der Waals surface area contributed by atoms with Gasteiger partial charge in [0.1, 0.15) is 5.82 Å². The molecule has 1 rings (SSSR count). The van der Waals surface area contributed by atoms with Crippen LogP contribution in [0.3, 0.4) is 0 Å². The Balaban J connectivity index is 2.94. The lowest BCUT2D eigenvalue weighted by Crippen LogP contribution is -2.40. The molecular weight excluding hydrogens is 189 g/mol. The van der Waals surface area contributed by atoms with E-state index in [1.54, 1.807) is 12.1 Å². The molecule has 0 aromatic heterocycles. The third kappa shape index (κ3) is 2.66. The van der Waals surface area contributed by atoms with Crippen LogP contribution in [0.2, 0.25) is 0 Å². The SMILES string of the molecule is C=CCC(N)C(C)(C)c1ccc(F)cc1. The second-order valence-corrected chi connectivity index (χ2v) is 4.36. The van der Waals surface area contributed by atoms with E-state index < -0.39 is 0 Å². The van der Waals surface area contributed by atoms with Crippen LogP contribution in [0.15, 0.2) is 36.9 Å². The van der Waals surface area contributed by atoms with Gasteiger partial charge in [-0.05, 0) is 24.1 Å². The molecule has 2 heteroatoms. The molecule has 0 spiro atoms. The van der Waals surface area contributed by atoms with Gasteiger partial charge < -0.3 is 5.73 Å². The Hall–Kier alpha value is -1.15. The van der Waals surface area contributed by atoms with Crippen LogP contribution in [-0.2, 0) is 5.41 Å². The fourth-order valence-corrected chi connectivity index (χ4v) is 1.57. The summed E-state index contributed by atoms with van der Waals surface area (Å²) in [4.78, 5) is 0. The van der Waals surface area contributed by atoms with E-state index in [1.807, 2.05) is 6.08 Å². The monoisotopic (exact) mass is 207 g/mol. The lowest BCUT2D eigenvalue weighted by atomic mass is 9.77. The van der Waals surface area contributed by atoms with Gasteiger partial charge in [-0.1, -0.05) is 32.1 Å². The van der Waals surface area contributed by atoms with Crippen molar-refractivity contribution in [3.05, 3.63) is 48.3 Å². The van der Waals surface area contributed by atoms with Gasteiger partial charge in [-0.2, -0.15) is 0 Å². The van der Waals surface area contributed by atoms with Gasteiger partial charge in [0.2, 0.25) is 0 Å². The van der Waals surface area contributed by atoms with Gasteiger partial charge >= 0.3 is 0 Å². The van der Waals surface area contributed by atoms with Crippen molar-refractivity contribution in [2.45, 2.75) is 31.7 Å². The predicted molar refractivity (Wildman–Crippen MR) is 62.2 cm³/mol. The van der Waals surface area contributed by atoms with Crippen LogP contribution in [0.25, 0.3) is 0 Å². The number of hydrogen-bond acceptors (Lipinski definition) is 1. The van der Waals surface area contributed by atoms with E-state index in [4.69, 9.17) is 5.73 Å². The Labute approximate surface area is 90.8 Å². The zero-order chi connectivity index (χ0) is 11.5. The highest BCUT2D eigenvalue weighted by molar-refractivity contribution is 5.26. The molecule has 0 saturated carbocycles. The number of benzene rings is 1. The van der Waals surface area contributed by atoms with E-state index in [1.165, 1.54) is 12.1 Å². The van der Waals surface area contributed by atoms with Gasteiger partial charge in [0.25, 0.3) is 0 Å². The van der Waals surface area contributed by atoms with Crippen LogP contribution in [0.1, 0.15) is 25.8 Å². The summed E-state index contributed by atoms with van der Waals surface area (Å²) in [5, 5.41) is 0. The molecule has 0 aliphatic carbocycles. The molecule has 0 radical (unpaired) electrons. The molecule has 0 fully saturated rings. The Morgan fingerprint density at radius 2 is 1.93 bits per heavy atom. The number of halogens is 1. The second kappa shape index (κ2) is 4.58. The van der Waals surface area contributed by atoms with Crippen LogP contribution < -0.4 is 5.73 Å². The van der Waals surface area contributed by atoms with Crippen molar-refractivity contribution in [2.75, 3.05) is 0 Å². The van der Waals surface area contributed by atoms with Crippen molar-refractivity contribution >= 4 is 0 Å². The summed E-state index contributed by atoms with van der Waals surface area (Å²) in [6, 6.07) is 6.52. The first-order valence-corrected chi connectivity index (χ1v) is 5.11. The van der Waals surface area contributed by atoms with Gasteiger partial charge in [-0.15, -0.1) is 6.58 Å². The minimum atomic E-state index is -0.216. The van der Waals surface area contributed by atoms with Crippen molar-refractivity contribution in [3.8, 4) is 0 Å². The van der Waals surface area contributed by atoms with Crippen molar-refractivity contribution in [2.24, 2.45) is 5.73 Å². The minimum absolute atomic E-state index is 0.000427. The molecular formula is C13H18FN. The van der Waals surface area contributed by atoms with Crippen molar-refractivity contribution < 1.29 is 4.39 Å². The topological polar surface area (TPSA) is 26.0 Å². The number of hydrogen-bond donors (Lipinski definition) is 1. The van der Waals surface area contributed by atoms with E-state index >= 15 is 0 Å². The van der Waals surface area contributed by atoms with Gasteiger partial charge in [-0.25, -0.2) is 4.39 Å². The first-order chi connectivity index (χ1) is 6.98. The standard InChI is InChI=1S/C13H18FN/c1-4-5-12(15)13(2,3)10-6-8-11(14)9-7-10/h4,6-9,12H,1,5,15H2,2-3H3. The molecule has 1 unspecified atom stereocenters. The normalized spacial score (nSPS) is 13.6. The summed E-state index contributed by atoms with van der Waals surface area (Å²) < 4.78 is 12.8. The van der Waals surface area contributed by atoms with Gasteiger partial charge in [-0.3, -0.25) is 0 Å². The molecule has 1 atom stereocenters. The molecule has 15 heavy (non-hydrogen) atoms. The van der Waals surface area contributed by atoms with Gasteiger partial charge in [0, 0.05) is 11.5 Å². The smallest absolute Gasteiger partial charge is 0.123 e. The van der Waals surface area contributed by atoms with E-state index in [-0.39, 0.29) is 17.3 Å². The zero-order valence-electron chi connectivity index (χ0n) is 9.33. The van der Waals surface area contributed by atoms with E-state index in [0.717, 1.165) is 12.0 Å². The molecule has 0 aliphatic rings. The minimum Gasteiger partial charge on any atom is -0.327 e. The summed E-state index contributed by atoms with van der Waals surface area (Å²) in [5.41, 5.74) is 6.96. The largest absolute Gasteiger partial charge is 0.327 e.